The number of amides is 1. The maximum Gasteiger partial charge on any atom is 0.255 e. The Morgan fingerprint density at radius 2 is 1.82 bits per heavy atom. The van der Waals surface area contributed by atoms with Crippen LogP contribution in [0.15, 0.2) is 90.8 Å². The minimum Gasteiger partial charge on any atom is -0.336 e. The SMILES string of the molecule is O=C(Nc1cncc(-c2cc3c(-c4nc5c(-c6cccs6)nccc5[nH]4)n[nH]c3cn2)c1)c1ccccc1. The third-order valence-electron chi connectivity index (χ3n) is 6.15. The van der Waals surface area contributed by atoms with Crippen LogP contribution in [0, 0.1) is 0 Å². The molecule has 0 aliphatic rings. The summed E-state index contributed by atoms with van der Waals surface area (Å²) in [5.74, 6) is 0.433. The number of aromatic nitrogens is 7. The highest BCUT2D eigenvalue weighted by atomic mass is 32.1. The largest absolute Gasteiger partial charge is 0.336 e. The maximum absolute atomic E-state index is 12.6. The van der Waals surface area contributed by atoms with Gasteiger partial charge in [0.05, 0.1) is 39.7 Å². The molecule has 3 N–H and O–H groups in total. The number of carbonyl (C=O) groups excluding carboxylic acids is 1. The molecule has 0 bridgehead atoms. The molecular formula is C28H18N8OS. The number of hydrogen-bond acceptors (Lipinski definition) is 7. The fourth-order valence-electron chi connectivity index (χ4n) is 4.34. The van der Waals surface area contributed by atoms with E-state index in [1.54, 1.807) is 48.3 Å². The van der Waals surface area contributed by atoms with Crippen LogP contribution in [0.25, 0.3) is 55.3 Å². The number of carbonyl (C=O) groups is 1. The van der Waals surface area contributed by atoms with E-state index in [1.165, 1.54) is 0 Å². The van der Waals surface area contributed by atoms with E-state index in [4.69, 9.17) is 4.98 Å². The second-order valence-corrected chi connectivity index (χ2v) is 9.54. The lowest BCUT2D eigenvalue weighted by Crippen LogP contribution is -2.11. The predicted octanol–water partition coefficient (Wildman–Crippen LogP) is 5.94. The van der Waals surface area contributed by atoms with Gasteiger partial charge in [0, 0.05) is 28.9 Å². The summed E-state index contributed by atoms with van der Waals surface area (Å²) in [5, 5.41) is 13.4. The van der Waals surface area contributed by atoms with E-state index in [1.807, 2.05) is 53.9 Å². The van der Waals surface area contributed by atoms with Gasteiger partial charge in [0.1, 0.15) is 16.9 Å². The molecule has 0 fully saturated rings. The van der Waals surface area contributed by atoms with Crippen molar-refractivity contribution < 1.29 is 4.79 Å². The molecule has 0 unspecified atom stereocenters. The number of hydrogen-bond donors (Lipinski definition) is 3. The molecule has 0 radical (unpaired) electrons. The first kappa shape index (κ1) is 22.0. The fraction of sp³-hybridized carbons (Fsp3) is 0. The van der Waals surface area contributed by atoms with Gasteiger partial charge in [-0.2, -0.15) is 5.10 Å². The molecule has 6 aromatic heterocycles. The number of benzene rings is 1. The summed E-state index contributed by atoms with van der Waals surface area (Å²) in [7, 11) is 0. The zero-order valence-electron chi connectivity index (χ0n) is 19.7. The van der Waals surface area contributed by atoms with E-state index in [2.05, 4.69) is 35.5 Å². The smallest absolute Gasteiger partial charge is 0.255 e. The standard InChI is InChI=1S/C28H18N8OS/c37-28(16-5-2-1-3-6-16)32-18-11-17(13-29-14-18)21-12-19-22(15-31-21)35-36-24(19)27-33-20-8-9-30-26(25(20)34-27)23-7-4-10-38-23/h1-15H,(H,32,37)(H,33,34)(H,35,36). The number of thiophene rings is 1. The highest BCUT2D eigenvalue weighted by Crippen LogP contribution is 2.33. The summed E-state index contributed by atoms with van der Waals surface area (Å²) in [4.78, 5) is 35.4. The van der Waals surface area contributed by atoms with Crippen molar-refractivity contribution in [1.29, 1.82) is 0 Å². The fourth-order valence-corrected chi connectivity index (χ4v) is 5.06. The lowest BCUT2D eigenvalue weighted by molar-refractivity contribution is 0.102. The van der Waals surface area contributed by atoms with E-state index in [-0.39, 0.29) is 5.91 Å². The number of pyridine rings is 3. The third kappa shape index (κ3) is 3.89. The first-order valence-electron chi connectivity index (χ1n) is 11.8. The number of imidazole rings is 1. The molecule has 1 amide bonds. The van der Waals surface area contributed by atoms with E-state index in [9.17, 15) is 4.79 Å². The molecular weight excluding hydrogens is 496 g/mol. The summed E-state index contributed by atoms with van der Waals surface area (Å²) in [5.41, 5.74) is 6.58. The molecule has 0 saturated heterocycles. The average Bonchev–Trinajstić information content (AvgIpc) is 3.73. The van der Waals surface area contributed by atoms with Gasteiger partial charge in [-0.15, -0.1) is 11.3 Å². The Bertz CT molecular complexity index is 1930. The van der Waals surface area contributed by atoms with Crippen LogP contribution in [0.2, 0.25) is 0 Å². The Kier molecular flexibility index (Phi) is 5.22. The number of nitrogens with zero attached hydrogens (tertiary/aromatic N) is 5. The van der Waals surface area contributed by atoms with Crippen LogP contribution >= 0.6 is 11.3 Å². The van der Waals surface area contributed by atoms with Gasteiger partial charge < -0.3 is 10.3 Å². The van der Waals surface area contributed by atoms with Crippen molar-refractivity contribution in [2.45, 2.75) is 0 Å². The monoisotopic (exact) mass is 514 g/mol. The molecule has 0 saturated carbocycles. The lowest BCUT2D eigenvalue weighted by Gasteiger charge is -2.07. The summed E-state index contributed by atoms with van der Waals surface area (Å²) < 4.78 is 0. The van der Waals surface area contributed by atoms with Gasteiger partial charge >= 0.3 is 0 Å². The van der Waals surface area contributed by atoms with Crippen molar-refractivity contribution in [2.24, 2.45) is 0 Å². The van der Waals surface area contributed by atoms with Crippen LogP contribution in [-0.4, -0.2) is 41.0 Å². The van der Waals surface area contributed by atoms with Crippen LogP contribution in [-0.2, 0) is 0 Å². The molecule has 6 heterocycles. The minimum absolute atomic E-state index is 0.202. The summed E-state index contributed by atoms with van der Waals surface area (Å²) in [6, 6.07) is 18.8. The molecule has 182 valence electrons. The Balaban J connectivity index is 1.25. The maximum atomic E-state index is 12.6. The van der Waals surface area contributed by atoms with E-state index in [0.29, 0.717) is 28.5 Å². The highest BCUT2D eigenvalue weighted by molar-refractivity contribution is 7.13. The normalized spacial score (nSPS) is 11.3. The third-order valence-corrected chi connectivity index (χ3v) is 7.03. The molecule has 7 rings (SSSR count). The van der Waals surface area contributed by atoms with Crippen molar-refractivity contribution >= 4 is 44.9 Å². The van der Waals surface area contributed by atoms with E-state index < -0.39 is 0 Å². The molecule has 0 aliphatic carbocycles. The quantitative estimate of drug-likeness (QED) is 0.261. The highest BCUT2D eigenvalue weighted by Gasteiger charge is 2.17. The molecule has 38 heavy (non-hydrogen) atoms. The van der Waals surface area contributed by atoms with Gasteiger partial charge in [-0.05, 0) is 41.8 Å². The summed E-state index contributed by atoms with van der Waals surface area (Å²) in [6.45, 7) is 0. The Labute approximate surface area is 219 Å². The number of fused-ring (bicyclic) bond motifs is 2. The van der Waals surface area contributed by atoms with Gasteiger partial charge in [0.2, 0.25) is 0 Å². The molecule has 0 atom stereocenters. The number of H-pyrrole nitrogens is 2. The molecule has 10 heteroatoms. The molecule has 1 aromatic carbocycles. The van der Waals surface area contributed by atoms with E-state index >= 15 is 0 Å². The second kappa shape index (κ2) is 9.02. The van der Waals surface area contributed by atoms with Gasteiger partial charge in [-0.25, -0.2) is 4.98 Å². The van der Waals surface area contributed by atoms with Crippen LogP contribution < -0.4 is 5.32 Å². The lowest BCUT2D eigenvalue weighted by atomic mass is 10.1. The van der Waals surface area contributed by atoms with Gasteiger partial charge in [-0.1, -0.05) is 24.3 Å². The Hall–Kier alpha value is -5.22. The van der Waals surface area contributed by atoms with Crippen molar-refractivity contribution in [3.63, 3.8) is 0 Å². The van der Waals surface area contributed by atoms with Gasteiger partial charge in [0.15, 0.2) is 5.82 Å². The van der Waals surface area contributed by atoms with E-state index in [0.717, 1.165) is 38.1 Å². The van der Waals surface area contributed by atoms with Crippen LogP contribution in [0.1, 0.15) is 10.4 Å². The second-order valence-electron chi connectivity index (χ2n) is 8.59. The predicted molar refractivity (Wildman–Crippen MR) is 148 cm³/mol. The topological polar surface area (TPSA) is 125 Å². The number of rotatable bonds is 5. The van der Waals surface area contributed by atoms with Crippen molar-refractivity contribution in [3.05, 3.63) is 96.4 Å². The first-order valence-corrected chi connectivity index (χ1v) is 12.7. The van der Waals surface area contributed by atoms with Crippen LogP contribution in [0.5, 0.6) is 0 Å². The number of aromatic amines is 2. The number of nitrogens with one attached hydrogen (secondary N) is 3. The van der Waals surface area contributed by atoms with Crippen molar-refractivity contribution in [2.75, 3.05) is 5.32 Å². The van der Waals surface area contributed by atoms with Crippen LogP contribution in [0.4, 0.5) is 5.69 Å². The zero-order valence-corrected chi connectivity index (χ0v) is 20.5. The molecule has 9 nitrogen and oxygen atoms in total. The Morgan fingerprint density at radius 3 is 2.68 bits per heavy atom. The van der Waals surface area contributed by atoms with Crippen molar-refractivity contribution in [1.82, 2.24) is 35.1 Å². The summed E-state index contributed by atoms with van der Waals surface area (Å²) >= 11 is 1.62. The van der Waals surface area contributed by atoms with Crippen molar-refractivity contribution in [3.8, 4) is 33.3 Å². The Morgan fingerprint density at radius 1 is 0.895 bits per heavy atom. The van der Waals surface area contributed by atoms with Gasteiger partial charge in [-0.3, -0.25) is 24.8 Å². The van der Waals surface area contributed by atoms with Crippen LogP contribution in [0.3, 0.4) is 0 Å². The van der Waals surface area contributed by atoms with Gasteiger partial charge in [0.25, 0.3) is 5.91 Å². The molecule has 0 aliphatic heterocycles. The number of anilines is 1. The molecule has 0 spiro atoms. The minimum atomic E-state index is -0.202. The average molecular weight is 515 g/mol. The summed E-state index contributed by atoms with van der Waals surface area (Å²) in [6.07, 6.45) is 6.84. The molecule has 7 aromatic rings. The zero-order chi connectivity index (χ0) is 25.5. The first-order chi connectivity index (χ1) is 18.7.